The summed E-state index contributed by atoms with van der Waals surface area (Å²) >= 11 is 5.74. The molecule has 0 aliphatic rings. The average molecular weight is 292 g/mol. The minimum absolute atomic E-state index is 0.171. The fourth-order valence-electron chi connectivity index (χ4n) is 1.76. The lowest BCUT2D eigenvalue weighted by Gasteiger charge is -2.09. The Morgan fingerprint density at radius 2 is 1.80 bits per heavy atom. The highest BCUT2D eigenvalue weighted by Crippen LogP contribution is 2.19. The van der Waals surface area contributed by atoms with Gasteiger partial charge in [0.25, 0.3) is 5.91 Å². The molecule has 0 aliphatic carbocycles. The van der Waals surface area contributed by atoms with Gasteiger partial charge in [-0.25, -0.2) is 4.39 Å². The minimum Gasteiger partial charge on any atom is -0.321 e. The Morgan fingerprint density at radius 1 is 1.10 bits per heavy atom. The van der Waals surface area contributed by atoms with Crippen LogP contribution in [0.25, 0.3) is 0 Å². The van der Waals surface area contributed by atoms with Gasteiger partial charge in [0.2, 0.25) is 0 Å². The maximum atomic E-state index is 13.6. The number of para-hydroxylation sites is 1. The zero-order chi connectivity index (χ0) is 14.7. The van der Waals surface area contributed by atoms with Gasteiger partial charge in [0.1, 0.15) is 5.82 Å². The van der Waals surface area contributed by atoms with E-state index in [-0.39, 0.29) is 16.4 Å². The van der Waals surface area contributed by atoms with Gasteiger partial charge in [-0.3, -0.25) is 9.59 Å². The summed E-state index contributed by atoms with van der Waals surface area (Å²) < 4.78 is 13.6. The molecule has 0 atom stereocenters. The van der Waals surface area contributed by atoms with Crippen LogP contribution in [0.15, 0.2) is 42.5 Å². The van der Waals surface area contributed by atoms with Crippen molar-refractivity contribution in [2.75, 3.05) is 5.32 Å². The molecule has 0 saturated heterocycles. The summed E-state index contributed by atoms with van der Waals surface area (Å²) in [7, 11) is 0. The van der Waals surface area contributed by atoms with Crippen molar-refractivity contribution in [2.24, 2.45) is 0 Å². The molecular weight excluding hydrogens is 281 g/mol. The molecule has 1 N–H and O–H groups in total. The number of hydrogen-bond acceptors (Lipinski definition) is 2. The van der Waals surface area contributed by atoms with Crippen LogP contribution in [-0.2, 0) is 0 Å². The Morgan fingerprint density at radius 3 is 2.50 bits per heavy atom. The number of rotatable bonds is 3. The van der Waals surface area contributed by atoms with Gasteiger partial charge < -0.3 is 5.32 Å². The smallest absolute Gasteiger partial charge is 0.258 e. The summed E-state index contributed by atoms with van der Waals surface area (Å²) in [6, 6.07) is 10.3. The maximum absolute atomic E-state index is 13.6. The van der Waals surface area contributed by atoms with Crippen LogP contribution in [0.3, 0.4) is 0 Å². The highest BCUT2D eigenvalue weighted by molar-refractivity contribution is 6.31. The van der Waals surface area contributed by atoms with E-state index < -0.39 is 11.7 Å². The molecule has 0 spiro atoms. The standard InChI is InChI=1S/C15H11ClFNO2/c1-9(19)11-4-2-3-5-14(11)18-15(20)12-8-10(16)6-7-13(12)17/h2-8H,1H3,(H,18,20). The number of amides is 1. The zero-order valence-electron chi connectivity index (χ0n) is 10.6. The SMILES string of the molecule is CC(=O)c1ccccc1NC(=O)c1cc(Cl)ccc1F. The second-order valence-corrected chi connectivity index (χ2v) is 4.62. The van der Waals surface area contributed by atoms with Crippen LogP contribution in [0.4, 0.5) is 10.1 Å². The number of hydrogen-bond donors (Lipinski definition) is 1. The largest absolute Gasteiger partial charge is 0.321 e. The van der Waals surface area contributed by atoms with E-state index in [9.17, 15) is 14.0 Å². The topological polar surface area (TPSA) is 46.2 Å². The van der Waals surface area contributed by atoms with Crippen LogP contribution < -0.4 is 5.32 Å². The number of Topliss-reactive ketones (excluding diaryl/α,β-unsaturated/α-hetero) is 1. The van der Waals surface area contributed by atoms with E-state index >= 15 is 0 Å². The second-order valence-electron chi connectivity index (χ2n) is 4.18. The van der Waals surface area contributed by atoms with Crippen LogP contribution in [0.5, 0.6) is 0 Å². The fourth-order valence-corrected chi connectivity index (χ4v) is 1.93. The summed E-state index contributed by atoms with van der Waals surface area (Å²) in [6.07, 6.45) is 0. The molecule has 5 heteroatoms. The molecule has 2 rings (SSSR count). The minimum atomic E-state index is -0.674. The van der Waals surface area contributed by atoms with Crippen LogP contribution >= 0.6 is 11.6 Å². The molecule has 20 heavy (non-hydrogen) atoms. The summed E-state index contributed by atoms with van der Waals surface area (Å²) in [5.74, 6) is -1.52. The molecule has 0 fully saturated rings. The van der Waals surface area contributed by atoms with E-state index in [0.717, 1.165) is 6.07 Å². The van der Waals surface area contributed by atoms with Crippen LogP contribution in [-0.4, -0.2) is 11.7 Å². The van der Waals surface area contributed by atoms with Gasteiger partial charge >= 0.3 is 0 Å². The number of anilines is 1. The van der Waals surface area contributed by atoms with E-state index in [1.54, 1.807) is 24.3 Å². The number of ketones is 1. The van der Waals surface area contributed by atoms with Crippen molar-refractivity contribution in [1.82, 2.24) is 0 Å². The maximum Gasteiger partial charge on any atom is 0.258 e. The summed E-state index contributed by atoms with van der Waals surface area (Å²) in [4.78, 5) is 23.5. The van der Waals surface area contributed by atoms with Crippen molar-refractivity contribution >= 4 is 29.0 Å². The predicted molar refractivity (Wildman–Crippen MR) is 75.8 cm³/mol. The zero-order valence-corrected chi connectivity index (χ0v) is 11.4. The monoisotopic (exact) mass is 291 g/mol. The quantitative estimate of drug-likeness (QED) is 0.871. The molecule has 3 nitrogen and oxygen atoms in total. The molecule has 0 aliphatic heterocycles. The first-order chi connectivity index (χ1) is 9.49. The molecule has 0 bridgehead atoms. The third kappa shape index (κ3) is 3.03. The first-order valence-electron chi connectivity index (χ1n) is 5.85. The number of nitrogens with one attached hydrogen (secondary N) is 1. The Balaban J connectivity index is 2.33. The highest BCUT2D eigenvalue weighted by Gasteiger charge is 2.15. The molecule has 0 heterocycles. The van der Waals surface area contributed by atoms with E-state index in [1.165, 1.54) is 19.1 Å². The third-order valence-corrected chi connectivity index (χ3v) is 2.96. The summed E-state index contributed by atoms with van der Waals surface area (Å²) in [5, 5.41) is 2.78. The number of carbonyl (C=O) groups excluding carboxylic acids is 2. The number of carbonyl (C=O) groups is 2. The summed E-state index contributed by atoms with van der Waals surface area (Å²) in [6.45, 7) is 1.39. The van der Waals surface area contributed by atoms with Gasteiger partial charge in [0, 0.05) is 10.6 Å². The van der Waals surface area contributed by atoms with Gasteiger partial charge in [-0.2, -0.15) is 0 Å². The van der Waals surface area contributed by atoms with Gasteiger partial charge in [-0.1, -0.05) is 23.7 Å². The van der Waals surface area contributed by atoms with Crippen molar-refractivity contribution < 1.29 is 14.0 Å². The highest BCUT2D eigenvalue weighted by atomic mass is 35.5. The summed E-state index contributed by atoms with van der Waals surface area (Å²) in [5.41, 5.74) is 0.531. The van der Waals surface area contributed by atoms with E-state index in [0.29, 0.717) is 11.3 Å². The van der Waals surface area contributed by atoms with Crippen LogP contribution in [0.2, 0.25) is 5.02 Å². The first kappa shape index (κ1) is 14.2. The Hall–Kier alpha value is -2.20. The number of halogens is 2. The molecule has 102 valence electrons. The molecule has 1 amide bonds. The van der Waals surface area contributed by atoms with Crippen molar-refractivity contribution in [2.45, 2.75) is 6.92 Å². The lowest BCUT2D eigenvalue weighted by molar-refractivity contribution is 0.101. The van der Waals surface area contributed by atoms with Crippen LogP contribution in [0, 0.1) is 5.82 Å². The molecule has 0 unspecified atom stereocenters. The first-order valence-corrected chi connectivity index (χ1v) is 6.23. The Kier molecular flexibility index (Phi) is 4.15. The van der Waals surface area contributed by atoms with Gasteiger partial charge in [-0.15, -0.1) is 0 Å². The second kappa shape index (κ2) is 5.84. The Bertz CT molecular complexity index is 685. The molecule has 2 aromatic carbocycles. The van der Waals surface area contributed by atoms with Crippen molar-refractivity contribution in [3.8, 4) is 0 Å². The van der Waals surface area contributed by atoms with Gasteiger partial charge in [0.15, 0.2) is 5.78 Å². The number of benzene rings is 2. The molecule has 0 saturated carbocycles. The van der Waals surface area contributed by atoms with Gasteiger partial charge in [-0.05, 0) is 37.3 Å². The lowest BCUT2D eigenvalue weighted by Crippen LogP contribution is -2.15. The predicted octanol–water partition coefficient (Wildman–Crippen LogP) is 3.93. The van der Waals surface area contributed by atoms with E-state index in [1.807, 2.05) is 0 Å². The third-order valence-electron chi connectivity index (χ3n) is 2.73. The van der Waals surface area contributed by atoms with Crippen LogP contribution in [0.1, 0.15) is 27.6 Å². The molecule has 0 radical (unpaired) electrons. The normalized spacial score (nSPS) is 10.2. The van der Waals surface area contributed by atoms with E-state index in [4.69, 9.17) is 11.6 Å². The average Bonchev–Trinajstić information content (AvgIpc) is 2.41. The van der Waals surface area contributed by atoms with Gasteiger partial charge in [0.05, 0.1) is 11.3 Å². The molecule has 2 aromatic rings. The van der Waals surface area contributed by atoms with Crippen molar-refractivity contribution in [1.29, 1.82) is 0 Å². The molecular formula is C15H11ClFNO2. The molecule has 0 aromatic heterocycles. The van der Waals surface area contributed by atoms with E-state index in [2.05, 4.69) is 5.32 Å². The fraction of sp³-hybridized carbons (Fsp3) is 0.0667. The van der Waals surface area contributed by atoms with Crippen molar-refractivity contribution in [3.05, 3.63) is 64.4 Å². The van der Waals surface area contributed by atoms with Crippen molar-refractivity contribution in [3.63, 3.8) is 0 Å². The lowest BCUT2D eigenvalue weighted by atomic mass is 10.1. The Labute approximate surface area is 120 Å².